The van der Waals surface area contributed by atoms with E-state index in [0.717, 1.165) is 42.8 Å². The number of benzene rings is 2. The number of hydrogen-bond acceptors (Lipinski definition) is 3. The van der Waals surface area contributed by atoms with E-state index in [9.17, 15) is 9.59 Å². The molecule has 0 aliphatic carbocycles. The summed E-state index contributed by atoms with van der Waals surface area (Å²) in [5.74, 6) is 0.972. The largest absolute Gasteiger partial charge is 0.494 e. The summed E-state index contributed by atoms with van der Waals surface area (Å²) in [5, 5.41) is 5.90. The summed E-state index contributed by atoms with van der Waals surface area (Å²) in [7, 11) is 0. The Morgan fingerprint density at radius 2 is 1.93 bits per heavy atom. The van der Waals surface area contributed by atoms with Crippen LogP contribution in [0.25, 0.3) is 0 Å². The Morgan fingerprint density at radius 3 is 2.67 bits per heavy atom. The maximum atomic E-state index is 12.8. The number of amides is 3. The molecular weight excluding hydrogens is 378 g/mol. The lowest BCUT2D eigenvalue weighted by Crippen LogP contribution is -2.41. The van der Waals surface area contributed by atoms with Gasteiger partial charge in [0.15, 0.2) is 0 Å². The van der Waals surface area contributed by atoms with Crippen LogP contribution in [0.15, 0.2) is 48.5 Å². The molecule has 6 nitrogen and oxygen atoms in total. The zero-order valence-electron chi connectivity index (χ0n) is 17.8. The molecule has 0 bridgehead atoms. The lowest BCUT2D eigenvalue weighted by atomic mass is 9.89. The van der Waals surface area contributed by atoms with Crippen LogP contribution in [0.3, 0.4) is 0 Å². The van der Waals surface area contributed by atoms with Crippen molar-refractivity contribution in [2.24, 2.45) is 0 Å². The van der Waals surface area contributed by atoms with Crippen molar-refractivity contribution in [1.82, 2.24) is 10.2 Å². The minimum absolute atomic E-state index is 0.0420. The van der Waals surface area contributed by atoms with Crippen LogP contribution in [0, 0.1) is 0 Å². The summed E-state index contributed by atoms with van der Waals surface area (Å²) in [6.45, 7) is 6.63. The number of hydrogen-bond donors (Lipinski definition) is 2. The third-order valence-corrected chi connectivity index (χ3v) is 5.28. The van der Waals surface area contributed by atoms with Crippen molar-refractivity contribution in [3.8, 4) is 5.75 Å². The number of carbonyl (C=O) groups excluding carboxylic acids is 2. The molecule has 2 aromatic carbocycles. The molecule has 1 aliphatic rings. The molecule has 160 valence electrons. The molecule has 30 heavy (non-hydrogen) atoms. The van der Waals surface area contributed by atoms with Gasteiger partial charge in [-0.05, 0) is 68.1 Å². The summed E-state index contributed by atoms with van der Waals surface area (Å²) in [5.41, 5.74) is 2.54. The number of ether oxygens (including phenoxy) is 1. The standard InChI is InChI=1S/C24H31N3O3/c1-3-14-25-23(28)19-8-5-7-18(16-19)20-9-6-15-27(17-20)24(29)26-21-10-12-22(13-11-21)30-4-2/h5,7-8,10-13,16,20H,3-4,6,9,14-15,17H2,1-2H3,(H,25,28)(H,26,29). The first-order chi connectivity index (χ1) is 14.6. The number of rotatable bonds is 7. The SMILES string of the molecule is CCCNC(=O)c1cccc(C2CCCN(C(=O)Nc3ccc(OCC)cc3)C2)c1. The number of carbonyl (C=O) groups is 2. The van der Waals surface area contributed by atoms with Crippen molar-refractivity contribution in [2.45, 2.75) is 39.0 Å². The molecule has 3 rings (SSSR count). The van der Waals surface area contributed by atoms with Crippen molar-refractivity contribution in [2.75, 3.05) is 31.6 Å². The summed E-state index contributed by atoms with van der Waals surface area (Å²) in [6, 6.07) is 15.1. The van der Waals surface area contributed by atoms with Crippen LogP contribution in [-0.2, 0) is 0 Å². The first-order valence-electron chi connectivity index (χ1n) is 10.8. The Balaban J connectivity index is 1.62. The predicted molar refractivity (Wildman–Crippen MR) is 119 cm³/mol. The number of urea groups is 1. The molecule has 6 heteroatoms. The van der Waals surface area contributed by atoms with E-state index in [4.69, 9.17) is 4.74 Å². The van der Waals surface area contributed by atoms with Gasteiger partial charge < -0.3 is 20.3 Å². The highest BCUT2D eigenvalue weighted by Gasteiger charge is 2.25. The van der Waals surface area contributed by atoms with E-state index < -0.39 is 0 Å². The first kappa shape index (κ1) is 21.7. The number of nitrogens with zero attached hydrogens (tertiary/aromatic N) is 1. The van der Waals surface area contributed by atoms with Crippen molar-refractivity contribution in [1.29, 1.82) is 0 Å². The zero-order valence-corrected chi connectivity index (χ0v) is 17.8. The summed E-state index contributed by atoms with van der Waals surface area (Å²) in [4.78, 5) is 26.9. The second-order valence-corrected chi connectivity index (χ2v) is 7.55. The molecule has 2 N–H and O–H groups in total. The van der Waals surface area contributed by atoms with E-state index in [1.165, 1.54) is 0 Å². The van der Waals surface area contributed by atoms with Crippen LogP contribution in [0.4, 0.5) is 10.5 Å². The van der Waals surface area contributed by atoms with E-state index in [-0.39, 0.29) is 17.9 Å². The monoisotopic (exact) mass is 409 g/mol. The fourth-order valence-electron chi connectivity index (χ4n) is 3.71. The Labute approximate surface area is 178 Å². The summed E-state index contributed by atoms with van der Waals surface area (Å²) in [6.07, 6.45) is 2.85. The van der Waals surface area contributed by atoms with Gasteiger partial charge in [0.25, 0.3) is 5.91 Å². The van der Waals surface area contributed by atoms with E-state index in [1.807, 2.05) is 61.2 Å². The van der Waals surface area contributed by atoms with Gasteiger partial charge in [0.1, 0.15) is 5.75 Å². The van der Waals surface area contributed by atoms with E-state index in [0.29, 0.717) is 25.3 Å². The Kier molecular flexibility index (Phi) is 7.71. The molecule has 1 unspecified atom stereocenters. The molecule has 1 atom stereocenters. The van der Waals surface area contributed by atoms with Gasteiger partial charge in [-0.15, -0.1) is 0 Å². The Bertz CT molecular complexity index is 851. The molecule has 1 fully saturated rings. The molecule has 0 spiro atoms. The third kappa shape index (κ3) is 5.75. The quantitative estimate of drug-likeness (QED) is 0.700. The molecule has 0 saturated carbocycles. The number of likely N-dealkylation sites (tertiary alicyclic amines) is 1. The topological polar surface area (TPSA) is 70.7 Å². The first-order valence-corrected chi connectivity index (χ1v) is 10.8. The minimum Gasteiger partial charge on any atom is -0.494 e. The zero-order chi connectivity index (χ0) is 21.3. The second kappa shape index (κ2) is 10.7. The van der Waals surface area contributed by atoms with Crippen molar-refractivity contribution in [3.63, 3.8) is 0 Å². The van der Waals surface area contributed by atoms with Gasteiger partial charge in [-0.25, -0.2) is 4.79 Å². The Morgan fingerprint density at radius 1 is 1.13 bits per heavy atom. The van der Waals surface area contributed by atoms with Crippen LogP contribution in [0.2, 0.25) is 0 Å². The molecule has 2 aromatic rings. The van der Waals surface area contributed by atoms with E-state index in [2.05, 4.69) is 16.7 Å². The average Bonchev–Trinajstić information content (AvgIpc) is 2.79. The van der Waals surface area contributed by atoms with Crippen LogP contribution in [-0.4, -0.2) is 43.1 Å². The highest BCUT2D eigenvalue weighted by molar-refractivity contribution is 5.94. The predicted octanol–water partition coefficient (Wildman–Crippen LogP) is 4.64. The molecule has 0 radical (unpaired) electrons. The highest BCUT2D eigenvalue weighted by atomic mass is 16.5. The average molecular weight is 410 g/mol. The normalized spacial score (nSPS) is 16.1. The molecule has 3 amide bonds. The third-order valence-electron chi connectivity index (χ3n) is 5.28. The lowest BCUT2D eigenvalue weighted by Gasteiger charge is -2.33. The van der Waals surface area contributed by atoms with Gasteiger partial charge in [0, 0.05) is 36.8 Å². The van der Waals surface area contributed by atoms with Crippen molar-refractivity contribution < 1.29 is 14.3 Å². The molecule has 1 heterocycles. The number of anilines is 1. The van der Waals surface area contributed by atoms with Crippen molar-refractivity contribution >= 4 is 17.6 Å². The van der Waals surface area contributed by atoms with Crippen LogP contribution < -0.4 is 15.4 Å². The van der Waals surface area contributed by atoms with Gasteiger partial charge in [-0.2, -0.15) is 0 Å². The smallest absolute Gasteiger partial charge is 0.321 e. The maximum absolute atomic E-state index is 12.8. The number of piperidine rings is 1. The van der Waals surface area contributed by atoms with Gasteiger partial charge in [0.2, 0.25) is 0 Å². The van der Waals surface area contributed by atoms with Gasteiger partial charge in [-0.3, -0.25) is 4.79 Å². The maximum Gasteiger partial charge on any atom is 0.321 e. The fourth-order valence-corrected chi connectivity index (χ4v) is 3.71. The Hall–Kier alpha value is -3.02. The van der Waals surface area contributed by atoms with E-state index >= 15 is 0 Å². The van der Waals surface area contributed by atoms with Crippen LogP contribution >= 0.6 is 0 Å². The molecule has 0 aromatic heterocycles. The second-order valence-electron chi connectivity index (χ2n) is 7.55. The van der Waals surface area contributed by atoms with E-state index in [1.54, 1.807) is 0 Å². The lowest BCUT2D eigenvalue weighted by molar-refractivity contribution is 0.0953. The van der Waals surface area contributed by atoms with Crippen LogP contribution in [0.1, 0.15) is 54.9 Å². The molecular formula is C24H31N3O3. The van der Waals surface area contributed by atoms with Crippen LogP contribution in [0.5, 0.6) is 5.75 Å². The molecule has 1 aliphatic heterocycles. The minimum atomic E-state index is -0.0966. The summed E-state index contributed by atoms with van der Waals surface area (Å²) >= 11 is 0. The highest BCUT2D eigenvalue weighted by Crippen LogP contribution is 2.28. The number of nitrogens with one attached hydrogen (secondary N) is 2. The molecule has 1 saturated heterocycles. The fraction of sp³-hybridized carbons (Fsp3) is 0.417. The summed E-state index contributed by atoms with van der Waals surface area (Å²) < 4.78 is 5.44. The van der Waals surface area contributed by atoms with Gasteiger partial charge in [0.05, 0.1) is 6.61 Å². The van der Waals surface area contributed by atoms with Crippen molar-refractivity contribution in [3.05, 3.63) is 59.7 Å². The van der Waals surface area contributed by atoms with Gasteiger partial charge in [-0.1, -0.05) is 19.1 Å². The van der Waals surface area contributed by atoms with Gasteiger partial charge >= 0.3 is 6.03 Å².